The third kappa shape index (κ3) is 2.71. The highest BCUT2D eigenvalue weighted by Gasteiger charge is 2.21. The summed E-state index contributed by atoms with van der Waals surface area (Å²) in [5.41, 5.74) is 3.87. The van der Waals surface area contributed by atoms with Crippen molar-refractivity contribution in [3.05, 3.63) is 41.3 Å². The zero-order valence-corrected chi connectivity index (χ0v) is 13.6. The zero-order valence-electron chi connectivity index (χ0n) is 12.9. The smallest absolute Gasteiger partial charge is 0.225 e. The third-order valence-electron chi connectivity index (χ3n) is 4.29. The van der Waals surface area contributed by atoms with Crippen LogP contribution in [0, 0.1) is 6.92 Å². The molecule has 0 atom stereocenters. The molecule has 0 aliphatic carbocycles. The maximum atomic E-state index is 6.18. The van der Waals surface area contributed by atoms with Gasteiger partial charge in [0.1, 0.15) is 0 Å². The second-order valence-electron chi connectivity index (χ2n) is 5.88. The highest BCUT2D eigenvalue weighted by molar-refractivity contribution is 6.28. The average molecular weight is 329 g/mol. The molecule has 3 aromatic rings. The Morgan fingerprint density at radius 2 is 1.87 bits per heavy atom. The topological polar surface area (TPSA) is 52.8 Å². The van der Waals surface area contributed by atoms with Gasteiger partial charge in [-0.25, -0.2) is 9.67 Å². The predicted octanol–water partition coefficient (Wildman–Crippen LogP) is 3.81. The van der Waals surface area contributed by atoms with Crippen molar-refractivity contribution in [1.82, 2.24) is 19.7 Å². The summed E-state index contributed by atoms with van der Waals surface area (Å²) in [7, 11) is 0. The Morgan fingerprint density at radius 1 is 1.13 bits per heavy atom. The first-order valence-electron chi connectivity index (χ1n) is 7.78. The van der Waals surface area contributed by atoms with Crippen LogP contribution >= 0.6 is 11.6 Å². The first-order chi connectivity index (χ1) is 11.2. The first-order valence-corrected chi connectivity index (χ1v) is 8.16. The summed E-state index contributed by atoms with van der Waals surface area (Å²) in [5, 5.41) is 5.75. The molecule has 2 aromatic heterocycles. The fourth-order valence-electron chi connectivity index (χ4n) is 3.03. The molecule has 6 heteroatoms. The second kappa shape index (κ2) is 5.91. The molecule has 23 heavy (non-hydrogen) atoms. The number of hydrogen-bond acceptors (Lipinski definition) is 4. The molecular weight excluding hydrogens is 312 g/mol. The van der Waals surface area contributed by atoms with Crippen molar-refractivity contribution in [2.24, 2.45) is 0 Å². The van der Waals surface area contributed by atoms with Crippen molar-refractivity contribution < 1.29 is 4.74 Å². The molecule has 1 aliphatic heterocycles. The number of aryl methyl sites for hydroxylation is 1. The molecule has 0 N–H and O–H groups in total. The Bertz CT molecular complexity index is 838. The lowest BCUT2D eigenvalue weighted by atomic mass is 10.1. The van der Waals surface area contributed by atoms with Crippen LogP contribution in [-0.4, -0.2) is 33.0 Å². The van der Waals surface area contributed by atoms with Crippen LogP contribution in [0.15, 0.2) is 30.5 Å². The van der Waals surface area contributed by atoms with Crippen molar-refractivity contribution in [1.29, 1.82) is 0 Å². The fourth-order valence-corrected chi connectivity index (χ4v) is 3.19. The molecule has 1 aromatic carbocycles. The lowest BCUT2D eigenvalue weighted by molar-refractivity contribution is 0.0673. The molecule has 118 valence electrons. The number of hydrogen-bond donors (Lipinski definition) is 0. The van der Waals surface area contributed by atoms with Crippen LogP contribution in [0.5, 0.6) is 0 Å². The standard InChI is InChI=1S/C17H17ClN4O/c1-11-2-4-12(5-3-11)15-14-10-19-22(13-6-8-23-9-7-13)16(14)21-17(18)20-15/h2-5,10,13H,6-9H2,1H3. The molecule has 1 aliphatic rings. The van der Waals surface area contributed by atoms with Crippen LogP contribution in [0.1, 0.15) is 24.4 Å². The van der Waals surface area contributed by atoms with E-state index in [-0.39, 0.29) is 5.28 Å². The summed E-state index contributed by atoms with van der Waals surface area (Å²) < 4.78 is 7.41. The number of halogens is 1. The van der Waals surface area contributed by atoms with Gasteiger partial charge < -0.3 is 4.74 Å². The van der Waals surface area contributed by atoms with E-state index in [1.165, 1.54) is 5.56 Å². The molecule has 5 nitrogen and oxygen atoms in total. The largest absolute Gasteiger partial charge is 0.381 e. The lowest BCUT2D eigenvalue weighted by Crippen LogP contribution is -2.20. The van der Waals surface area contributed by atoms with E-state index < -0.39 is 0 Å². The quantitative estimate of drug-likeness (QED) is 0.671. The minimum atomic E-state index is 0.252. The minimum absolute atomic E-state index is 0.252. The number of rotatable bonds is 2. The Balaban J connectivity index is 1.86. The first kappa shape index (κ1) is 14.6. The van der Waals surface area contributed by atoms with E-state index in [0.717, 1.165) is 48.3 Å². The van der Waals surface area contributed by atoms with Crippen molar-refractivity contribution in [3.8, 4) is 11.3 Å². The van der Waals surface area contributed by atoms with Gasteiger partial charge in [-0.2, -0.15) is 10.1 Å². The molecule has 0 spiro atoms. The van der Waals surface area contributed by atoms with Crippen LogP contribution in [0.2, 0.25) is 5.28 Å². The summed E-state index contributed by atoms with van der Waals surface area (Å²) in [6, 6.07) is 8.55. The molecule has 0 saturated carbocycles. The summed E-state index contributed by atoms with van der Waals surface area (Å²) in [6.07, 6.45) is 3.73. The van der Waals surface area contributed by atoms with Gasteiger partial charge in [-0.15, -0.1) is 0 Å². The number of nitrogens with zero attached hydrogens (tertiary/aromatic N) is 4. The van der Waals surface area contributed by atoms with Crippen LogP contribution in [0.4, 0.5) is 0 Å². The predicted molar refractivity (Wildman–Crippen MR) is 89.6 cm³/mol. The van der Waals surface area contributed by atoms with Crippen LogP contribution in [0.25, 0.3) is 22.3 Å². The average Bonchev–Trinajstić information content (AvgIpc) is 2.99. The van der Waals surface area contributed by atoms with E-state index in [1.807, 2.05) is 10.9 Å². The zero-order chi connectivity index (χ0) is 15.8. The molecule has 1 fully saturated rings. The normalized spacial score (nSPS) is 16.1. The van der Waals surface area contributed by atoms with Crippen molar-refractivity contribution in [2.75, 3.05) is 13.2 Å². The molecule has 4 rings (SSSR count). The monoisotopic (exact) mass is 328 g/mol. The van der Waals surface area contributed by atoms with Gasteiger partial charge in [-0.3, -0.25) is 0 Å². The van der Waals surface area contributed by atoms with Crippen molar-refractivity contribution in [2.45, 2.75) is 25.8 Å². The molecule has 0 bridgehead atoms. The van der Waals surface area contributed by atoms with Gasteiger partial charge in [0, 0.05) is 18.8 Å². The minimum Gasteiger partial charge on any atom is -0.381 e. The Kier molecular flexibility index (Phi) is 3.75. The highest BCUT2D eigenvalue weighted by atomic mass is 35.5. The number of fused-ring (bicyclic) bond motifs is 1. The maximum absolute atomic E-state index is 6.18. The Morgan fingerprint density at radius 3 is 2.61 bits per heavy atom. The van der Waals surface area contributed by atoms with Crippen LogP contribution in [0.3, 0.4) is 0 Å². The van der Waals surface area contributed by atoms with Crippen molar-refractivity contribution in [3.63, 3.8) is 0 Å². The van der Waals surface area contributed by atoms with Gasteiger partial charge in [0.05, 0.1) is 23.3 Å². The molecule has 1 saturated heterocycles. The summed E-state index contributed by atoms with van der Waals surface area (Å²) >= 11 is 6.18. The van der Waals surface area contributed by atoms with E-state index >= 15 is 0 Å². The molecular formula is C17H17ClN4O. The molecule has 0 amide bonds. The molecule has 3 heterocycles. The van der Waals surface area contributed by atoms with Gasteiger partial charge >= 0.3 is 0 Å². The van der Waals surface area contributed by atoms with E-state index in [9.17, 15) is 0 Å². The van der Waals surface area contributed by atoms with E-state index in [1.54, 1.807) is 0 Å². The van der Waals surface area contributed by atoms with Gasteiger partial charge in [-0.05, 0) is 31.4 Å². The third-order valence-corrected chi connectivity index (χ3v) is 4.46. The fraction of sp³-hybridized carbons (Fsp3) is 0.353. The Labute approximate surface area is 139 Å². The lowest BCUT2D eigenvalue weighted by Gasteiger charge is -2.22. The number of aromatic nitrogens is 4. The van der Waals surface area contributed by atoms with E-state index in [2.05, 4.69) is 46.3 Å². The maximum Gasteiger partial charge on any atom is 0.225 e. The summed E-state index contributed by atoms with van der Waals surface area (Å²) in [6.45, 7) is 3.58. The van der Waals surface area contributed by atoms with Gasteiger partial charge in [-0.1, -0.05) is 29.8 Å². The number of ether oxygens (including phenoxy) is 1. The summed E-state index contributed by atoms with van der Waals surface area (Å²) in [4.78, 5) is 8.86. The Hall–Kier alpha value is -1.98. The van der Waals surface area contributed by atoms with E-state index in [4.69, 9.17) is 16.3 Å². The van der Waals surface area contributed by atoms with Gasteiger partial charge in [0.15, 0.2) is 5.65 Å². The van der Waals surface area contributed by atoms with Crippen molar-refractivity contribution >= 4 is 22.6 Å². The molecule has 0 unspecified atom stereocenters. The van der Waals surface area contributed by atoms with Crippen LogP contribution in [-0.2, 0) is 4.74 Å². The van der Waals surface area contributed by atoms with Gasteiger partial charge in [0.2, 0.25) is 5.28 Å². The van der Waals surface area contributed by atoms with Gasteiger partial charge in [0.25, 0.3) is 0 Å². The second-order valence-corrected chi connectivity index (χ2v) is 6.22. The summed E-state index contributed by atoms with van der Waals surface area (Å²) in [5.74, 6) is 0. The number of benzene rings is 1. The van der Waals surface area contributed by atoms with Crippen LogP contribution < -0.4 is 0 Å². The SMILES string of the molecule is Cc1ccc(-c2nc(Cl)nc3c2cnn3C2CCOCC2)cc1. The van der Waals surface area contributed by atoms with E-state index in [0.29, 0.717) is 6.04 Å². The molecule has 0 radical (unpaired) electrons. The highest BCUT2D eigenvalue weighted by Crippen LogP contribution is 2.30.